The van der Waals surface area contributed by atoms with Crippen LogP contribution in [0.4, 0.5) is 0 Å². The Balaban J connectivity index is 2.54. The monoisotopic (exact) mass is 168 g/mol. The van der Waals surface area contributed by atoms with Crippen LogP contribution >= 0.6 is 0 Å². The molecule has 1 rings (SSSR count). The van der Waals surface area contributed by atoms with Crippen molar-refractivity contribution in [1.82, 2.24) is 0 Å². The van der Waals surface area contributed by atoms with Gasteiger partial charge in [-0.1, -0.05) is 6.42 Å². The van der Waals surface area contributed by atoms with Crippen molar-refractivity contribution >= 4 is 0 Å². The summed E-state index contributed by atoms with van der Waals surface area (Å²) < 4.78 is 0. The van der Waals surface area contributed by atoms with E-state index in [4.69, 9.17) is 5.26 Å². The second-order valence-corrected chi connectivity index (χ2v) is 3.29. The molecule has 1 saturated carbocycles. The molecule has 0 aromatic heterocycles. The molecule has 0 amide bonds. The number of rotatable bonds is 1. The average Bonchev–Trinajstić information content (AvgIpc) is 2.28. The fourth-order valence-electron chi connectivity index (χ4n) is 1.64. The van der Waals surface area contributed by atoms with Crippen molar-refractivity contribution in [3.8, 4) is 6.07 Å². The lowest BCUT2D eigenvalue weighted by molar-refractivity contribution is -0.524. The first-order chi connectivity index (χ1) is 5.74. The Kier molecular flexibility index (Phi) is 3.03. The third kappa shape index (κ3) is 2.19. The van der Waals surface area contributed by atoms with E-state index in [0.717, 1.165) is 19.3 Å². The summed E-state index contributed by atoms with van der Waals surface area (Å²) in [5, 5.41) is 19.1. The van der Waals surface area contributed by atoms with E-state index < -0.39 is 6.04 Å². The van der Waals surface area contributed by atoms with Gasteiger partial charge in [0.1, 0.15) is 0 Å². The maximum Gasteiger partial charge on any atom is 0.214 e. The van der Waals surface area contributed by atoms with E-state index in [1.165, 1.54) is 0 Å². The first kappa shape index (κ1) is 8.98. The third-order valence-corrected chi connectivity index (χ3v) is 2.38. The fraction of sp³-hybridized carbons (Fsp3) is 0.875. The molecule has 66 valence electrons. The summed E-state index contributed by atoms with van der Waals surface area (Å²) in [6.07, 6.45) is 3.78. The summed E-state index contributed by atoms with van der Waals surface area (Å²) in [5.74, 6) is -0.0945. The summed E-state index contributed by atoms with van der Waals surface area (Å²) in [6.45, 7) is 0. The van der Waals surface area contributed by atoms with Crippen molar-refractivity contribution in [2.24, 2.45) is 5.92 Å². The van der Waals surface area contributed by atoms with Crippen LogP contribution in [0.5, 0.6) is 0 Å². The largest absolute Gasteiger partial charge is 0.264 e. The lowest BCUT2D eigenvalue weighted by Crippen LogP contribution is -2.20. The molecule has 0 aromatic rings. The Morgan fingerprint density at radius 1 is 1.42 bits per heavy atom. The molecule has 0 aromatic carbocycles. The van der Waals surface area contributed by atoms with E-state index in [1.807, 2.05) is 0 Å². The normalized spacial score (nSPS) is 30.2. The quantitative estimate of drug-likeness (QED) is 0.340. The van der Waals surface area contributed by atoms with Crippen molar-refractivity contribution in [2.45, 2.75) is 38.1 Å². The molecular weight excluding hydrogens is 156 g/mol. The van der Waals surface area contributed by atoms with Gasteiger partial charge in [-0.05, 0) is 12.8 Å². The van der Waals surface area contributed by atoms with Gasteiger partial charge < -0.3 is 0 Å². The topological polar surface area (TPSA) is 66.9 Å². The molecular formula is C8H12N2O2. The van der Waals surface area contributed by atoms with Crippen LogP contribution in [0.15, 0.2) is 0 Å². The van der Waals surface area contributed by atoms with Gasteiger partial charge in [0.2, 0.25) is 6.04 Å². The number of hydrogen-bond acceptors (Lipinski definition) is 3. The Bertz CT molecular complexity index is 210. The first-order valence-electron chi connectivity index (χ1n) is 4.27. The minimum absolute atomic E-state index is 0.0945. The zero-order valence-corrected chi connectivity index (χ0v) is 6.90. The predicted molar refractivity (Wildman–Crippen MR) is 43.0 cm³/mol. The Morgan fingerprint density at radius 3 is 2.67 bits per heavy atom. The molecule has 12 heavy (non-hydrogen) atoms. The zero-order valence-electron chi connectivity index (χ0n) is 6.90. The lowest BCUT2D eigenvalue weighted by atomic mass is 10.0. The summed E-state index contributed by atoms with van der Waals surface area (Å²) in [4.78, 5) is 10.2. The van der Waals surface area contributed by atoms with Gasteiger partial charge in [0, 0.05) is 17.8 Å². The van der Waals surface area contributed by atoms with Crippen molar-refractivity contribution < 1.29 is 4.92 Å². The second-order valence-electron chi connectivity index (χ2n) is 3.29. The van der Waals surface area contributed by atoms with E-state index in [2.05, 4.69) is 6.07 Å². The molecule has 0 bridgehead atoms. The summed E-state index contributed by atoms with van der Waals surface area (Å²) in [6, 6.07) is 1.65. The van der Waals surface area contributed by atoms with Gasteiger partial charge in [-0.2, -0.15) is 5.26 Å². The average molecular weight is 168 g/mol. The predicted octanol–water partition coefficient (Wildman–Crippen LogP) is 1.74. The van der Waals surface area contributed by atoms with Crippen LogP contribution in [0.1, 0.15) is 32.1 Å². The van der Waals surface area contributed by atoms with Crippen LogP contribution in [0.25, 0.3) is 0 Å². The van der Waals surface area contributed by atoms with E-state index in [-0.39, 0.29) is 10.8 Å². The molecule has 1 fully saturated rings. The first-order valence-corrected chi connectivity index (χ1v) is 4.27. The Morgan fingerprint density at radius 2 is 2.08 bits per heavy atom. The van der Waals surface area contributed by atoms with Crippen LogP contribution in [0.3, 0.4) is 0 Å². The van der Waals surface area contributed by atoms with Gasteiger partial charge in [0.15, 0.2) is 0 Å². The number of nitrogens with zero attached hydrogens (tertiary/aromatic N) is 2. The van der Waals surface area contributed by atoms with Crippen LogP contribution < -0.4 is 0 Å². The van der Waals surface area contributed by atoms with E-state index in [9.17, 15) is 10.1 Å². The molecule has 0 heterocycles. The molecule has 2 atom stereocenters. The minimum Gasteiger partial charge on any atom is -0.264 e. The van der Waals surface area contributed by atoms with Gasteiger partial charge in [0.25, 0.3) is 0 Å². The van der Waals surface area contributed by atoms with Crippen molar-refractivity contribution in [1.29, 1.82) is 5.26 Å². The van der Waals surface area contributed by atoms with Gasteiger partial charge in [0.05, 0.1) is 12.0 Å². The summed E-state index contributed by atoms with van der Waals surface area (Å²) >= 11 is 0. The molecule has 0 saturated heterocycles. The molecule has 0 aliphatic heterocycles. The molecule has 2 unspecified atom stereocenters. The number of hydrogen-bond donors (Lipinski definition) is 0. The van der Waals surface area contributed by atoms with Crippen molar-refractivity contribution in [3.05, 3.63) is 10.1 Å². The maximum absolute atomic E-state index is 10.5. The molecule has 0 spiro atoms. The third-order valence-electron chi connectivity index (χ3n) is 2.38. The lowest BCUT2D eigenvalue weighted by Gasteiger charge is -2.06. The van der Waals surface area contributed by atoms with Gasteiger partial charge in [-0.25, -0.2) is 0 Å². The van der Waals surface area contributed by atoms with Gasteiger partial charge in [-0.15, -0.1) is 0 Å². The molecule has 1 aliphatic rings. The van der Waals surface area contributed by atoms with Crippen LogP contribution in [0, 0.1) is 27.4 Å². The van der Waals surface area contributed by atoms with Gasteiger partial charge in [-0.3, -0.25) is 10.1 Å². The van der Waals surface area contributed by atoms with E-state index in [0.29, 0.717) is 12.8 Å². The highest BCUT2D eigenvalue weighted by atomic mass is 16.6. The van der Waals surface area contributed by atoms with Crippen LogP contribution in [0.2, 0.25) is 0 Å². The number of nitriles is 1. The van der Waals surface area contributed by atoms with Crippen LogP contribution in [-0.2, 0) is 0 Å². The smallest absolute Gasteiger partial charge is 0.214 e. The molecule has 0 radical (unpaired) electrons. The minimum atomic E-state index is -0.475. The van der Waals surface area contributed by atoms with Crippen molar-refractivity contribution in [3.63, 3.8) is 0 Å². The summed E-state index contributed by atoms with van der Waals surface area (Å²) in [5.41, 5.74) is 0. The molecule has 4 heteroatoms. The SMILES string of the molecule is N#CC1CCCCC([N+](=O)[O-])C1. The Hall–Kier alpha value is -1.11. The Labute approximate surface area is 71.3 Å². The molecule has 4 nitrogen and oxygen atoms in total. The molecule has 1 aliphatic carbocycles. The number of nitro groups is 1. The second kappa shape index (κ2) is 4.05. The fourth-order valence-corrected chi connectivity index (χ4v) is 1.64. The highest BCUT2D eigenvalue weighted by Gasteiger charge is 2.27. The van der Waals surface area contributed by atoms with E-state index in [1.54, 1.807) is 0 Å². The summed E-state index contributed by atoms with van der Waals surface area (Å²) in [7, 11) is 0. The van der Waals surface area contributed by atoms with Crippen LogP contribution in [-0.4, -0.2) is 11.0 Å². The zero-order chi connectivity index (χ0) is 8.97. The van der Waals surface area contributed by atoms with E-state index >= 15 is 0 Å². The van der Waals surface area contributed by atoms with Gasteiger partial charge >= 0.3 is 0 Å². The highest BCUT2D eigenvalue weighted by Crippen LogP contribution is 2.23. The maximum atomic E-state index is 10.5. The standard InChI is InChI=1S/C8H12N2O2/c9-6-7-3-1-2-4-8(5-7)10(11)12/h7-8H,1-5H2. The molecule has 0 N–H and O–H groups in total. The highest BCUT2D eigenvalue weighted by molar-refractivity contribution is 4.86. The van der Waals surface area contributed by atoms with Crippen molar-refractivity contribution in [2.75, 3.05) is 0 Å².